The van der Waals surface area contributed by atoms with Gasteiger partial charge in [-0.3, -0.25) is 4.90 Å². The molecule has 1 aliphatic rings. The number of carbonyl (C=O) groups excluding carboxylic acids is 3. The molecule has 0 aliphatic carbocycles. The molecule has 3 aromatic rings. The Balaban J connectivity index is 1.53. The van der Waals surface area contributed by atoms with E-state index in [0.717, 1.165) is 16.7 Å². The van der Waals surface area contributed by atoms with E-state index in [1.54, 1.807) is 24.0 Å². The molecule has 1 fully saturated rings. The van der Waals surface area contributed by atoms with E-state index in [-0.39, 0.29) is 52.0 Å². The van der Waals surface area contributed by atoms with Crippen LogP contribution >= 0.6 is 0 Å². The predicted octanol–water partition coefficient (Wildman–Crippen LogP) is 4.88. The first-order chi connectivity index (χ1) is 24.0. The van der Waals surface area contributed by atoms with Gasteiger partial charge in [0.25, 0.3) is 0 Å². The number of nitrogens with zero attached hydrogens (tertiary/aromatic N) is 4. The van der Waals surface area contributed by atoms with Crippen molar-refractivity contribution in [2.75, 3.05) is 79.8 Å². The van der Waals surface area contributed by atoms with Crippen LogP contribution in [0, 0.1) is 0 Å². The summed E-state index contributed by atoms with van der Waals surface area (Å²) in [6, 6.07) is 28.2. The van der Waals surface area contributed by atoms with Crippen LogP contribution in [0.5, 0.6) is 0 Å². The summed E-state index contributed by atoms with van der Waals surface area (Å²) < 4.78 is 28.1. The van der Waals surface area contributed by atoms with Gasteiger partial charge in [-0.25, -0.2) is 14.4 Å². The second-order valence-electron chi connectivity index (χ2n) is 11.7. The highest BCUT2D eigenvalue weighted by atomic mass is 16.6. The summed E-state index contributed by atoms with van der Waals surface area (Å²) in [7, 11) is 3.26. The van der Waals surface area contributed by atoms with Crippen molar-refractivity contribution in [2.45, 2.75) is 25.9 Å². The Labute approximate surface area is 289 Å². The number of rotatable bonds is 11. The van der Waals surface area contributed by atoms with Gasteiger partial charge >= 0.3 is 18.3 Å². The van der Waals surface area contributed by atoms with Gasteiger partial charge in [-0.15, -0.1) is 0 Å². The summed E-state index contributed by atoms with van der Waals surface area (Å²) in [5.74, 6) is 0. The minimum Gasteiger partial charge on any atom is -0.445 e. The van der Waals surface area contributed by atoms with Crippen LogP contribution in [0.3, 0.4) is 0 Å². The maximum atomic E-state index is 13.5. The molecule has 0 atom stereocenters. The monoisotopic (exact) mass is 676 g/mol. The second kappa shape index (κ2) is 20.7. The quantitative estimate of drug-likeness (QED) is 0.263. The Morgan fingerprint density at radius 1 is 0.490 bits per heavy atom. The van der Waals surface area contributed by atoms with Gasteiger partial charge in [-0.1, -0.05) is 91.0 Å². The molecule has 4 rings (SSSR count). The number of hydrogen-bond donors (Lipinski definition) is 0. The minimum atomic E-state index is -0.544. The van der Waals surface area contributed by atoms with Gasteiger partial charge in [0.2, 0.25) is 0 Å². The van der Waals surface area contributed by atoms with Gasteiger partial charge in [0, 0.05) is 66.6 Å². The summed E-state index contributed by atoms with van der Waals surface area (Å²) in [6.45, 7) is 3.37. The van der Waals surface area contributed by atoms with E-state index in [2.05, 4.69) is 4.90 Å². The van der Waals surface area contributed by atoms with Crippen molar-refractivity contribution >= 4 is 18.3 Å². The highest BCUT2D eigenvalue weighted by Crippen LogP contribution is 2.12. The van der Waals surface area contributed by atoms with Crippen LogP contribution in [0.1, 0.15) is 16.7 Å². The highest BCUT2D eigenvalue weighted by molar-refractivity contribution is 5.70. The van der Waals surface area contributed by atoms with Gasteiger partial charge in [-0.05, 0) is 16.7 Å². The molecule has 0 spiro atoms. The van der Waals surface area contributed by atoms with Crippen LogP contribution in [0.4, 0.5) is 14.4 Å². The van der Waals surface area contributed by atoms with E-state index in [0.29, 0.717) is 39.4 Å². The van der Waals surface area contributed by atoms with E-state index in [1.165, 1.54) is 4.90 Å². The molecule has 0 radical (unpaired) electrons. The number of amides is 3. The third-order valence-electron chi connectivity index (χ3n) is 8.22. The van der Waals surface area contributed by atoms with Crippen LogP contribution in [-0.2, 0) is 43.5 Å². The summed E-state index contributed by atoms with van der Waals surface area (Å²) in [5.41, 5.74) is 2.60. The standard InChI is InChI=1S/C37H48N4O8/c1-45-29-34(30-46-2)38-18-20-39(35(42)47-26-31-12-6-3-7-13-31)22-24-41(37(44)49-28-33-16-10-5-11-17-33)25-23-40(21-19-38)36(43)48-27-32-14-8-4-9-15-32/h3-17,34H,18-30H2,1-2H3. The lowest BCUT2D eigenvalue weighted by atomic mass is 10.2. The maximum Gasteiger partial charge on any atom is 0.410 e. The zero-order chi connectivity index (χ0) is 34.7. The van der Waals surface area contributed by atoms with E-state index in [9.17, 15) is 14.4 Å². The molecule has 1 aliphatic heterocycles. The molecule has 1 heterocycles. The summed E-state index contributed by atoms with van der Waals surface area (Å²) in [4.78, 5) is 47.3. The largest absolute Gasteiger partial charge is 0.445 e. The van der Waals surface area contributed by atoms with Crippen LogP contribution in [0.15, 0.2) is 91.0 Å². The molecule has 0 N–H and O–H groups in total. The van der Waals surface area contributed by atoms with Gasteiger partial charge in [-0.2, -0.15) is 0 Å². The van der Waals surface area contributed by atoms with Crippen molar-refractivity contribution in [3.8, 4) is 0 Å². The van der Waals surface area contributed by atoms with E-state index >= 15 is 0 Å². The summed E-state index contributed by atoms with van der Waals surface area (Å²) >= 11 is 0. The molecular weight excluding hydrogens is 628 g/mol. The molecule has 49 heavy (non-hydrogen) atoms. The third-order valence-corrected chi connectivity index (χ3v) is 8.22. The first-order valence-corrected chi connectivity index (χ1v) is 16.6. The number of ether oxygens (including phenoxy) is 5. The first kappa shape index (κ1) is 37.2. The van der Waals surface area contributed by atoms with Crippen molar-refractivity contribution < 1.29 is 38.1 Å². The van der Waals surface area contributed by atoms with Crippen LogP contribution in [0.2, 0.25) is 0 Å². The number of benzene rings is 3. The Bertz CT molecular complexity index is 1320. The number of hydrogen-bond acceptors (Lipinski definition) is 9. The lowest BCUT2D eigenvalue weighted by Gasteiger charge is -2.36. The molecule has 264 valence electrons. The molecule has 3 amide bonds. The van der Waals surface area contributed by atoms with Gasteiger partial charge in [0.05, 0.1) is 19.3 Å². The molecule has 12 heteroatoms. The van der Waals surface area contributed by atoms with Crippen LogP contribution < -0.4 is 0 Å². The van der Waals surface area contributed by atoms with Crippen LogP contribution in [-0.4, -0.2) is 124 Å². The van der Waals surface area contributed by atoms with Gasteiger partial charge in [0.15, 0.2) is 0 Å². The average Bonchev–Trinajstić information content (AvgIpc) is 3.13. The van der Waals surface area contributed by atoms with Gasteiger partial charge in [0.1, 0.15) is 19.8 Å². The van der Waals surface area contributed by atoms with E-state index < -0.39 is 18.3 Å². The molecule has 3 aromatic carbocycles. The predicted molar refractivity (Wildman–Crippen MR) is 184 cm³/mol. The minimum absolute atomic E-state index is 0.0944. The lowest BCUT2D eigenvalue weighted by molar-refractivity contribution is 0.0198. The first-order valence-electron chi connectivity index (χ1n) is 16.6. The fourth-order valence-electron chi connectivity index (χ4n) is 5.42. The summed E-state index contributed by atoms with van der Waals surface area (Å²) in [5, 5.41) is 0. The van der Waals surface area contributed by atoms with Crippen molar-refractivity contribution in [1.29, 1.82) is 0 Å². The van der Waals surface area contributed by atoms with Gasteiger partial charge < -0.3 is 38.4 Å². The highest BCUT2D eigenvalue weighted by Gasteiger charge is 2.27. The smallest absolute Gasteiger partial charge is 0.410 e. The molecule has 12 nitrogen and oxygen atoms in total. The SMILES string of the molecule is COCC(COC)N1CCN(C(=O)OCc2ccccc2)CCN(C(=O)OCc2ccccc2)CCN(C(=O)OCc2ccccc2)CC1. The average molecular weight is 677 g/mol. The molecule has 0 aromatic heterocycles. The fraction of sp³-hybridized carbons (Fsp3) is 0.432. The molecule has 1 saturated heterocycles. The molecule has 0 bridgehead atoms. The van der Waals surface area contributed by atoms with E-state index in [1.807, 2.05) is 91.0 Å². The molecule has 0 saturated carbocycles. The number of methoxy groups -OCH3 is 2. The normalized spacial score (nSPS) is 14.9. The Kier molecular flexibility index (Phi) is 15.7. The second-order valence-corrected chi connectivity index (χ2v) is 11.7. The van der Waals surface area contributed by atoms with Crippen molar-refractivity contribution in [3.63, 3.8) is 0 Å². The Morgan fingerprint density at radius 2 is 0.776 bits per heavy atom. The zero-order valence-electron chi connectivity index (χ0n) is 28.5. The molecule has 0 unspecified atom stereocenters. The number of carbonyl (C=O) groups is 3. The summed E-state index contributed by atoms with van der Waals surface area (Å²) in [6.07, 6.45) is -1.52. The maximum absolute atomic E-state index is 13.5. The van der Waals surface area contributed by atoms with Crippen molar-refractivity contribution in [1.82, 2.24) is 19.6 Å². The van der Waals surface area contributed by atoms with Crippen molar-refractivity contribution in [2.24, 2.45) is 0 Å². The molecular formula is C37H48N4O8. The van der Waals surface area contributed by atoms with Crippen LogP contribution in [0.25, 0.3) is 0 Å². The Morgan fingerprint density at radius 3 is 1.06 bits per heavy atom. The third kappa shape index (κ3) is 12.7. The van der Waals surface area contributed by atoms with Crippen molar-refractivity contribution in [3.05, 3.63) is 108 Å². The topological polar surface area (TPSA) is 110 Å². The van der Waals surface area contributed by atoms with E-state index in [4.69, 9.17) is 23.7 Å². The Hall–Kier alpha value is -4.65. The zero-order valence-corrected chi connectivity index (χ0v) is 28.5. The fourth-order valence-corrected chi connectivity index (χ4v) is 5.42. The lowest BCUT2D eigenvalue weighted by Crippen LogP contribution is -2.52.